The highest BCUT2D eigenvalue weighted by Gasteiger charge is 2.14. The van der Waals surface area contributed by atoms with Crippen molar-refractivity contribution in [3.63, 3.8) is 0 Å². The van der Waals surface area contributed by atoms with Crippen LogP contribution in [0.25, 0.3) is 10.9 Å². The molecule has 2 aromatic rings. The average Bonchev–Trinajstić information content (AvgIpc) is 2.47. The lowest BCUT2D eigenvalue weighted by Gasteiger charge is -1.95. The second kappa shape index (κ2) is 3.08. The van der Waals surface area contributed by atoms with Crippen LogP contribution < -0.4 is 5.14 Å². The van der Waals surface area contributed by atoms with Gasteiger partial charge in [0.2, 0.25) is 10.0 Å². The zero-order chi connectivity index (χ0) is 10.3. The molecule has 0 aliphatic carbocycles. The second-order valence-corrected chi connectivity index (χ2v) is 5.24. The van der Waals surface area contributed by atoms with Gasteiger partial charge in [0, 0.05) is 16.1 Å². The van der Waals surface area contributed by atoms with Crippen molar-refractivity contribution in [1.29, 1.82) is 0 Å². The minimum Gasteiger partial charge on any atom is -0.359 e. The van der Waals surface area contributed by atoms with Crippen LogP contribution in [0.2, 0.25) is 0 Å². The monoisotopic (exact) mass is 274 g/mol. The van der Waals surface area contributed by atoms with Gasteiger partial charge in [-0.05, 0) is 22.0 Å². The van der Waals surface area contributed by atoms with Crippen molar-refractivity contribution in [1.82, 2.24) is 4.98 Å². The number of rotatable bonds is 1. The number of benzene rings is 1. The minimum atomic E-state index is -3.65. The summed E-state index contributed by atoms with van der Waals surface area (Å²) < 4.78 is 23.1. The molecule has 0 saturated carbocycles. The van der Waals surface area contributed by atoms with Crippen LogP contribution in [0.15, 0.2) is 33.8 Å². The molecule has 0 radical (unpaired) electrons. The van der Waals surface area contributed by atoms with Gasteiger partial charge in [-0.25, -0.2) is 13.6 Å². The summed E-state index contributed by atoms with van der Waals surface area (Å²) >= 11 is 3.31. The van der Waals surface area contributed by atoms with Gasteiger partial charge in [0.25, 0.3) is 0 Å². The average molecular weight is 275 g/mol. The molecule has 0 fully saturated rings. The smallest absolute Gasteiger partial charge is 0.240 e. The molecular formula is C8H7BrN2O2S. The lowest BCUT2D eigenvalue weighted by molar-refractivity contribution is 0.598. The van der Waals surface area contributed by atoms with Crippen LogP contribution in [0.3, 0.4) is 0 Å². The van der Waals surface area contributed by atoms with E-state index in [9.17, 15) is 8.42 Å². The first-order chi connectivity index (χ1) is 6.50. The Kier molecular flexibility index (Phi) is 2.13. The Bertz CT molecular complexity index is 588. The zero-order valence-corrected chi connectivity index (χ0v) is 9.39. The van der Waals surface area contributed by atoms with E-state index in [1.165, 1.54) is 6.20 Å². The topological polar surface area (TPSA) is 76.0 Å². The van der Waals surface area contributed by atoms with Crippen molar-refractivity contribution in [2.75, 3.05) is 0 Å². The van der Waals surface area contributed by atoms with Gasteiger partial charge in [-0.2, -0.15) is 0 Å². The second-order valence-electron chi connectivity index (χ2n) is 2.86. The number of nitrogens with two attached hydrogens (primary N) is 1. The number of aromatic nitrogens is 1. The van der Waals surface area contributed by atoms with Crippen LogP contribution in [0.1, 0.15) is 0 Å². The molecule has 1 heterocycles. The number of fused-ring (bicyclic) bond motifs is 1. The Morgan fingerprint density at radius 1 is 1.36 bits per heavy atom. The van der Waals surface area contributed by atoms with E-state index in [2.05, 4.69) is 20.9 Å². The van der Waals surface area contributed by atoms with Crippen LogP contribution >= 0.6 is 15.9 Å². The quantitative estimate of drug-likeness (QED) is 0.829. The fourth-order valence-electron chi connectivity index (χ4n) is 1.33. The lowest BCUT2D eigenvalue weighted by atomic mass is 10.2. The maximum absolute atomic E-state index is 11.2. The van der Waals surface area contributed by atoms with E-state index in [1.807, 2.05) is 6.07 Å². The van der Waals surface area contributed by atoms with Crippen molar-refractivity contribution in [3.05, 3.63) is 28.9 Å². The largest absolute Gasteiger partial charge is 0.359 e. The van der Waals surface area contributed by atoms with Gasteiger partial charge < -0.3 is 4.98 Å². The number of halogens is 1. The molecule has 0 bridgehead atoms. The van der Waals surface area contributed by atoms with E-state index in [-0.39, 0.29) is 4.90 Å². The molecule has 14 heavy (non-hydrogen) atoms. The van der Waals surface area contributed by atoms with Crippen molar-refractivity contribution >= 4 is 36.9 Å². The van der Waals surface area contributed by atoms with Crippen LogP contribution in [0.4, 0.5) is 0 Å². The van der Waals surface area contributed by atoms with E-state index in [0.29, 0.717) is 5.39 Å². The zero-order valence-electron chi connectivity index (χ0n) is 6.99. The number of hydrogen-bond donors (Lipinski definition) is 2. The Hall–Kier alpha value is -0.850. The summed E-state index contributed by atoms with van der Waals surface area (Å²) in [6.07, 6.45) is 1.39. The number of nitrogens with one attached hydrogen (secondary N) is 1. The summed E-state index contributed by atoms with van der Waals surface area (Å²) in [7, 11) is -3.65. The summed E-state index contributed by atoms with van der Waals surface area (Å²) in [6, 6.07) is 5.29. The van der Waals surface area contributed by atoms with Crippen LogP contribution in [-0.2, 0) is 10.0 Å². The molecule has 1 aromatic carbocycles. The van der Waals surface area contributed by atoms with Crippen molar-refractivity contribution in [2.24, 2.45) is 5.14 Å². The molecule has 3 N–H and O–H groups in total. The van der Waals surface area contributed by atoms with Crippen molar-refractivity contribution in [3.8, 4) is 0 Å². The van der Waals surface area contributed by atoms with E-state index >= 15 is 0 Å². The minimum absolute atomic E-state index is 0.119. The van der Waals surface area contributed by atoms with E-state index < -0.39 is 10.0 Å². The van der Waals surface area contributed by atoms with Gasteiger partial charge >= 0.3 is 0 Å². The fraction of sp³-hybridized carbons (Fsp3) is 0. The molecule has 6 heteroatoms. The molecule has 0 amide bonds. The van der Waals surface area contributed by atoms with E-state index in [0.717, 1.165) is 9.99 Å². The first kappa shape index (κ1) is 9.70. The number of hydrogen-bond acceptors (Lipinski definition) is 2. The Labute approximate surface area is 89.3 Å². The molecule has 0 saturated heterocycles. The number of aromatic amines is 1. The van der Waals surface area contributed by atoms with Crippen LogP contribution in [-0.4, -0.2) is 13.4 Å². The molecule has 2 rings (SSSR count). The van der Waals surface area contributed by atoms with Gasteiger partial charge in [0.05, 0.1) is 5.52 Å². The maximum Gasteiger partial charge on any atom is 0.240 e. The first-order valence-corrected chi connectivity index (χ1v) is 6.12. The molecule has 0 spiro atoms. The highest BCUT2D eigenvalue weighted by atomic mass is 79.9. The summed E-state index contributed by atoms with van der Waals surface area (Å²) in [6.45, 7) is 0. The normalized spacial score (nSPS) is 12.1. The highest BCUT2D eigenvalue weighted by Crippen LogP contribution is 2.27. The number of sulfonamides is 1. The van der Waals surface area contributed by atoms with Gasteiger partial charge in [0.15, 0.2) is 0 Å². The lowest BCUT2D eigenvalue weighted by Crippen LogP contribution is -2.11. The summed E-state index contributed by atoms with van der Waals surface area (Å²) in [5.74, 6) is 0. The van der Waals surface area contributed by atoms with Gasteiger partial charge in [-0.15, -0.1) is 0 Å². The number of H-pyrrole nitrogens is 1. The molecule has 0 atom stereocenters. The predicted octanol–water partition coefficient (Wildman–Crippen LogP) is 1.58. The summed E-state index contributed by atoms with van der Waals surface area (Å²) in [5.41, 5.74) is 0.733. The number of primary sulfonamides is 1. The molecule has 4 nitrogen and oxygen atoms in total. The third-order valence-electron chi connectivity index (χ3n) is 1.93. The molecule has 0 aliphatic heterocycles. The highest BCUT2D eigenvalue weighted by molar-refractivity contribution is 9.10. The Morgan fingerprint density at radius 3 is 2.71 bits per heavy atom. The Balaban J connectivity index is 2.90. The third-order valence-corrected chi connectivity index (χ3v) is 3.54. The molecular weight excluding hydrogens is 268 g/mol. The first-order valence-electron chi connectivity index (χ1n) is 3.78. The van der Waals surface area contributed by atoms with Crippen LogP contribution in [0, 0.1) is 0 Å². The SMILES string of the molecule is NS(=O)(=O)c1c[nH]c2c(Br)cccc12. The van der Waals surface area contributed by atoms with E-state index in [1.54, 1.807) is 12.1 Å². The van der Waals surface area contributed by atoms with Crippen molar-refractivity contribution < 1.29 is 8.42 Å². The standard InChI is InChI=1S/C8H7BrN2O2S/c9-6-3-1-2-5-7(14(10,12)13)4-11-8(5)6/h1-4,11H,(H2,10,12,13). The summed E-state index contributed by atoms with van der Waals surface area (Å²) in [4.78, 5) is 2.98. The molecule has 0 aliphatic rings. The molecule has 74 valence electrons. The Morgan fingerprint density at radius 2 is 2.07 bits per heavy atom. The predicted molar refractivity (Wildman–Crippen MR) is 57.4 cm³/mol. The van der Waals surface area contributed by atoms with Crippen LogP contribution in [0.5, 0.6) is 0 Å². The molecule has 0 unspecified atom stereocenters. The van der Waals surface area contributed by atoms with Crippen molar-refractivity contribution in [2.45, 2.75) is 4.90 Å². The van der Waals surface area contributed by atoms with Gasteiger partial charge in [-0.3, -0.25) is 0 Å². The fourth-order valence-corrected chi connectivity index (χ4v) is 2.51. The summed E-state index contributed by atoms with van der Waals surface area (Å²) in [5, 5.41) is 5.65. The third kappa shape index (κ3) is 1.45. The maximum atomic E-state index is 11.2. The van der Waals surface area contributed by atoms with Gasteiger partial charge in [-0.1, -0.05) is 12.1 Å². The van der Waals surface area contributed by atoms with Gasteiger partial charge in [0.1, 0.15) is 4.90 Å². The van der Waals surface area contributed by atoms with E-state index in [4.69, 9.17) is 5.14 Å². The number of para-hydroxylation sites is 1. The molecule has 1 aromatic heterocycles.